The Morgan fingerprint density at radius 3 is 2.83 bits per heavy atom. The summed E-state index contributed by atoms with van der Waals surface area (Å²) < 4.78 is 0.661. The fraction of sp³-hybridized carbons (Fsp3) is 0. The second-order valence-corrected chi connectivity index (χ2v) is 3.35. The van der Waals surface area contributed by atoms with Crippen molar-refractivity contribution in [2.45, 2.75) is 0 Å². The van der Waals surface area contributed by atoms with Gasteiger partial charge in [0.05, 0.1) is 5.69 Å². The number of hydrogen-bond donors (Lipinski definition) is 2. The fourth-order valence-corrected chi connectivity index (χ4v) is 1.23. The molecular weight excluding hydrogens is 245 g/mol. The molecule has 0 radical (unpaired) electrons. The Bertz CT molecular complexity index is 316. The van der Waals surface area contributed by atoms with Gasteiger partial charge in [-0.25, -0.2) is 4.79 Å². The van der Waals surface area contributed by atoms with Gasteiger partial charge in [0.15, 0.2) is 0 Å². The minimum atomic E-state index is -1.11. The van der Waals surface area contributed by atoms with Crippen LogP contribution in [-0.2, 0) is 0 Å². The molecule has 12 heavy (non-hydrogen) atoms. The van der Waals surface area contributed by atoms with Gasteiger partial charge in [0, 0.05) is 9.50 Å². The van der Waals surface area contributed by atoms with Crippen molar-refractivity contribution in [3.63, 3.8) is 0 Å². The van der Waals surface area contributed by atoms with E-state index in [1.165, 1.54) is 6.07 Å². The molecule has 2 N–H and O–H groups in total. The highest BCUT2D eigenvalue weighted by molar-refractivity contribution is 9.10. The smallest absolute Gasteiger partial charge is 0.409 e. The molecule has 0 aliphatic heterocycles. The molecule has 0 spiro atoms. The number of benzene rings is 1. The monoisotopic (exact) mass is 249 g/mol. The van der Waals surface area contributed by atoms with Gasteiger partial charge in [0.25, 0.3) is 0 Å². The van der Waals surface area contributed by atoms with E-state index in [4.69, 9.17) is 16.7 Å². The van der Waals surface area contributed by atoms with Gasteiger partial charge in [-0.1, -0.05) is 11.6 Å². The summed E-state index contributed by atoms with van der Waals surface area (Å²) in [5.41, 5.74) is 0.440. The zero-order chi connectivity index (χ0) is 9.14. The van der Waals surface area contributed by atoms with E-state index >= 15 is 0 Å². The van der Waals surface area contributed by atoms with E-state index in [1.807, 2.05) is 0 Å². The van der Waals surface area contributed by atoms with E-state index in [0.29, 0.717) is 15.2 Å². The second kappa shape index (κ2) is 3.78. The molecule has 1 amide bonds. The van der Waals surface area contributed by atoms with Crippen molar-refractivity contribution >= 4 is 39.3 Å². The maximum absolute atomic E-state index is 10.3. The van der Waals surface area contributed by atoms with Crippen LogP contribution in [0.25, 0.3) is 0 Å². The number of halogens is 2. The summed E-state index contributed by atoms with van der Waals surface area (Å²) in [6.45, 7) is 0. The molecule has 5 heteroatoms. The quantitative estimate of drug-likeness (QED) is 0.804. The summed E-state index contributed by atoms with van der Waals surface area (Å²) >= 11 is 8.82. The molecule has 1 rings (SSSR count). The molecule has 64 valence electrons. The third-order valence-corrected chi connectivity index (χ3v) is 2.10. The first-order valence-electron chi connectivity index (χ1n) is 3.04. The van der Waals surface area contributed by atoms with Crippen LogP contribution >= 0.6 is 27.5 Å². The molecule has 0 heterocycles. The summed E-state index contributed by atoms with van der Waals surface area (Å²) in [5, 5.41) is 11.1. The van der Waals surface area contributed by atoms with Crippen LogP contribution in [0.2, 0.25) is 5.02 Å². The van der Waals surface area contributed by atoms with Gasteiger partial charge in [-0.3, -0.25) is 5.32 Å². The van der Waals surface area contributed by atoms with E-state index < -0.39 is 6.09 Å². The lowest BCUT2D eigenvalue weighted by Gasteiger charge is -2.03. The van der Waals surface area contributed by atoms with Crippen molar-refractivity contribution in [3.8, 4) is 0 Å². The van der Waals surface area contributed by atoms with E-state index in [1.54, 1.807) is 12.1 Å². The van der Waals surface area contributed by atoms with Crippen molar-refractivity contribution in [1.82, 2.24) is 0 Å². The summed E-state index contributed by atoms with van der Waals surface area (Å²) in [5.74, 6) is 0. The summed E-state index contributed by atoms with van der Waals surface area (Å²) in [6.07, 6.45) is -1.11. The van der Waals surface area contributed by atoms with Crippen molar-refractivity contribution in [2.75, 3.05) is 5.32 Å². The molecule has 0 aliphatic carbocycles. The van der Waals surface area contributed by atoms with E-state index in [2.05, 4.69) is 21.2 Å². The molecule has 0 saturated carbocycles. The number of amides is 1. The molecule has 1 aromatic rings. The molecule has 3 nitrogen and oxygen atoms in total. The summed E-state index contributed by atoms with van der Waals surface area (Å²) in [6, 6.07) is 4.87. The van der Waals surface area contributed by atoms with Crippen LogP contribution in [0.4, 0.5) is 10.5 Å². The average molecular weight is 250 g/mol. The Morgan fingerprint density at radius 1 is 1.58 bits per heavy atom. The topological polar surface area (TPSA) is 49.3 Å². The first kappa shape index (κ1) is 9.35. The lowest BCUT2D eigenvalue weighted by Crippen LogP contribution is -2.07. The zero-order valence-electron chi connectivity index (χ0n) is 5.84. The average Bonchev–Trinajstić information content (AvgIpc) is 1.96. The van der Waals surface area contributed by atoms with E-state index in [0.717, 1.165) is 0 Å². The van der Waals surface area contributed by atoms with Crippen molar-refractivity contribution in [1.29, 1.82) is 0 Å². The highest BCUT2D eigenvalue weighted by Crippen LogP contribution is 2.25. The van der Waals surface area contributed by atoms with Crippen molar-refractivity contribution in [3.05, 3.63) is 27.7 Å². The third-order valence-electron chi connectivity index (χ3n) is 1.17. The Hall–Kier alpha value is -0.740. The molecule has 0 aromatic heterocycles. The third kappa shape index (κ3) is 2.39. The van der Waals surface area contributed by atoms with Gasteiger partial charge in [0.1, 0.15) is 0 Å². The van der Waals surface area contributed by atoms with Gasteiger partial charge in [-0.2, -0.15) is 0 Å². The number of nitrogens with one attached hydrogen (secondary N) is 1. The molecule has 0 unspecified atom stereocenters. The highest BCUT2D eigenvalue weighted by atomic mass is 79.9. The fourth-order valence-electron chi connectivity index (χ4n) is 0.708. The highest BCUT2D eigenvalue weighted by Gasteiger charge is 2.02. The Labute approximate surface area is 82.5 Å². The van der Waals surface area contributed by atoms with Crippen LogP contribution < -0.4 is 5.32 Å². The van der Waals surface area contributed by atoms with Crippen LogP contribution in [-0.4, -0.2) is 11.2 Å². The molecule has 1 aromatic carbocycles. The lowest BCUT2D eigenvalue weighted by molar-refractivity contribution is 0.209. The maximum Gasteiger partial charge on any atom is 0.409 e. The standard InChI is InChI=1S/C7H5BrClNO2/c8-5-2-1-4(9)3-6(5)10-7(11)12/h1-3,10H,(H,11,12). The normalized spacial score (nSPS) is 9.50. The van der Waals surface area contributed by atoms with Gasteiger partial charge >= 0.3 is 6.09 Å². The minimum Gasteiger partial charge on any atom is -0.465 e. The van der Waals surface area contributed by atoms with Crippen LogP contribution in [0.15, 0.2) is 22.7 Å². The summed E-state index contributed by atoms with van der Waals surface area (Å²) in [7, 11) is 0. The molecule has 0 atom stereocenters. The minimum absolute atomic E-state index is 0.440. The lowest BCUT2D eigenvalue weighted by atomic mass is 10.3. The van der Waals surface area contributed by atoms with Gasteiger partial charge in [-0.15, -0.1) is 0 Å². The van der Waals surface area contributed by atoms with Gasteiger partial charge in [-0.05, 0) is 34.1 Å². The van der Waals surface area contributed by atoms with Gasteiger partial charge < -0.3 is 5.11 Å². The number of hydrogen-bond acceptors (Lipinski definition) is 1. The second-order valence-electron chi connectivity index (χ2n) is 2.05. The molecular formula is C7H5BrClNO2. The summed E-state index contributed by atoms with van der Waals surface area (Å²) in [4.78, 5) is 10.3. The molecule has 0 aliphatic rings. The van der Waals surface area contributed by atoms with Crippen LogP contribution in [0.1, 0.15) is 0 Å². The van der Waals surface area contributed by atoms with Crippen LogP contribution in [0.3, 0.4) is 0 Å². The Kier molecular flexibility index (Phi) is 2.94. The number of carbonyl (C=O) groups is 1. The molecule has 0 fully saturated rings. The van der Waals surface area contributed by atoms with Crippen molar-refractivity contribution < 1.29 is 9.90 Å². The molecule has 0 bridgehead atoms. The predicted octanol–water partition coefficient (Wildman–Crippen LogP) is 3.19. The predicted molar refractivity (Wildman–Crippen MR) is 50.8 cm³/mol. The number of rotatable bonds is 1. The number of carboxylic acid groups (broad SMARTS) is 1. The zero-order valence-corrected chi connectivity index (χ0v) is 8.19. The van der Waals surface area contributed by atoms with E-state index in [-0.39, 0.29) is 0 Å². The largest absolute Gasteiger partial charge is 0.465 e. The maximum atomic E-state index is 10.3. The van der Waals surface area contributed by atoms with Crippen molar-refractivity contribution in [2.24, 2.45) is 0 Å². The molecule has 0 saturated heterocycles. The SMILES string of the molecule is O=C(O)Nc1cc(Cl)ccc1Br. The first-order chi connectivity index (χ1) is 5.59. The Morgan fingerprint density at radius 2 is 2.25 bits per heavy atom. The van der Waals surface area contributed by atoms with E-state index in [9.17, 15) is 4.79 Å². The van der Waals surface area contributed by atoms with Crippen LogP contribution in [0, 0.1) is 0 Å². The van der Waals surface area contributed by atoms with Crippen LogP contribution in [0.5, 0.6) is 0 Å². The van der Waals surface area contributed by atoms with Gasteiger partial charge in [0.2, 0.25) is 0 Å². The number of anilines is 1. The Balaban J connectivity index is 2.97. The first-order valence-corrected chi connectivity index (χ1v) is 4.21.